The van der Waals surface area contributed by atoms with Crippen LogP contribution in [0.2, 0.25) is 5.02 Å². The van der Waals surface area contributed by atoms with E-state index in [1.807, 2.05) is 26.0 Å². The number of fused-ring (bicyclic) bond motifs is 1. The molecule has 16 heteroatoms. The number of halogens is 1. The predicted octanol–water partition coefficient (Wildman–Crippen LogP) is 4.17. The van der Waals surface area contributed by atoms with E-state index in [0.29, 0.717) is 11.4 Å². The number of carbonyl (C=O) groups excluding carboxylic acids is 4. The first-order valence-corrected chi connectivity index (χ1v) is 18.5. The standard InChI is InChI=1S/C37H32ClN5O9S/c1-37(2,22-4-6-25(7-5-22)52-20-24-12-13-40-36(41-24)53(3,48)49)23-16-21(19-39)32(29(38)17-23)51-15-14-50-26-8-9-27-28(18-26)35(47)43(34(27)46)30-10-11-31(44)42-33(30)45/h4-9,12-13,16-18,30H,10-11,14-15,20H2,1-3H3,(H,42,44,45). The Labute approximate surface area is 309 Å². The van der Waals surface area contributed by atoms with E-state index in [9.17, 15) is 32.9 Å². The van der Waals surface area contributed by atoms with E-state index in [2.05, 4.69) is 21.4 Å². The number of nitriles is 1. The van der Waals surface area contributed by atoms with Crippen molar-refractivity contribution >= 4 is 45.1 Å². The fourth-order valence-corrected chi connectivity index (χ4v) is 6.76. The molecule has 1 N–H and O–H groups in total. The second kappa shape index (κ2) is 14.6. The van der Waals surface area contributed by atoms with Crippen molar-refractivity contribution < 1.29 is 41.8 Å². The summed E-state index contributed by atoms with van der Waals surface area (Å²) in [4.78, 5) is 58.6. The van der Waals surface area contributed by atoms with Gasteiger partial charge in [-0.1, -0.05) is 37.6 Å². The molecule has 3 aromatic carbocycles. The lowest BCUT2D eigenvalue weighted by Gasteiger charge is -2.27. The van der Waals surface area contributed by atoms with Gasteiger partial charge in [-0.25, -0.2) is 18.4 Å². The quantitative estimate of drug-likeness (QED) is 0.123. The van der Waals surface area contributed by atoms with Crippen molar-refractivity contribution in [2.45, 2.75) is 49.9 Å². The minimum atomic E-state index is -3.55. The molecule has 0 aliphatic carbocycles. The Balaban J connectivity index is 1.07. The molecular weight excluding hydrogens is 726 g/mol. The molecule has 2 aliphatic rings. The number of nitrogens with zero attached hydrogens (tertiary/aromatic N) is 4. The number of amides is 4. The van der Waals surface area contributed by atoms with E-state index in [4.69, 9.17) is 25.8 Å². The fraction of sp³-hybridized carbons (Fsp3) is 0.270. The Morgan fingerprint density at radius 3 is 2.32 bits per heavy atom. The highest BCUT2D eigenvalue weighted by Gasteiger charge is 2.44. The van der Waals surface area contributed by atoms with Gasteiger partial charge in [-0.2, -0.15) is 5.26 Å². The van der Waals surface area contributed by atoms with Gasteiger partial charge in [0.25, 0.3) is 11.8 Å². The van der Waals surface area contributed by atoms with Gasteiger partial charge < -0.3 is 14.2 Å². The lowest BCUT2D eigenvalue weighted by Crippen LogP contribution is -2.54. The number of sulfone groups is 1. The molecule has 14 nitrogen and oxygen atoms in total. The molecular formula is C37H32ClN5O9S. The molecule has 0 saturated carbocycles. The third-order valence-corrected chi connectivity index (χ3v) is 10.0. The number of hydrogen-bond donors (Lipinski definition) is 1. The Hall–Kier alpha value is -5.85. The van der Waals surface area contributed by atoms with Gasteiger partial charge in [0.15, 0.2) is 5.75 Å². The predicted molar refractivity (Wildman–Crippen MR) is 188 cm³/mol. The minimum Gasteiger partial charge on any atom is -0.490 e. The molecule has 1 atom stereocenters. The Kier molecular flexibility index (Phi) is 10.2. The van der Waals surface area contributed by atoms with E-state index < -0.39 is 44.9 Å². The van der Waals surface area contributed by atoms with Gasteiger partial charge in [-0.05, 0) is 66.1 Å². The summed E-state index contributed by atoms with van der Waals surface area (Å²) in [5.74, 6) is -1.40. The van der Waals surface area contributed by atoms with Crippen LogP contribution in [0.1, 0.15) is 69.8 Å². The summed E-state index contributed by atoms with van der Waals surface area (Å²) in [5, 5.41) is 12.1. The third-order valence-electron chi connectivity index (χ3n) is 8.88. The fourth-order valence-electron chi connectivity index (χ4n) is 5.95. The van der Waals surface area contributed by atoms with Crippen LogP contribution in [0.3, 0.4) is 0 Å². The molecule has 1 unspecified atom stereocenters. The summed E-state index contributed by atoms with van der Waals surface area (Å²) in [6.45, 7) is 4.01. The molecule has 0 bridgehead atoms. The van der Waals surface area contributed by atoms with Crippen LogP contribution in [0.25, 0.3) is 0 Å². The van der Waals surface area contributed by atoms with Crippen LogP contribution in [-0.4, -0.2) is 72.4 Å². The van der Waals surface area contributed by atoms with Crippen molar-refractivity contribution in [3.05, 3.63) is 105 Å². The van der Waals surface area contributed by atoms with Gasteiger partial charge in [0.05, 0.1) is 27.4 Å². The Morgan fingerprint density at radius 2 is 1.62 bits per heavy atom. The average molecular weight is 758 g/mol. The third kappa shape index (κ3) is 7.69. The zero-order valence-electron chi connectivity index (χ0n) is 28.7. The highest BCUT2D eigenvalue weighted by atomic mass is 35.5. The van der Waals surface area contributed by atoms with Crippen molar-refractivity contribution in [3.63, 3.8) is 0 Å². The lowest BCUT2D eigenvalue weighted by atomic mass is 9.77. The maximum absolute atomic E-state index is 13.1. The van der Waals surface area contributed by atoms with Crippen molar-refractivity contribution in [2.75, 3.05) is 19.5 Å². The van der Waals surface area contributed by atoms with E-state index in [1.165, 1.54) is 24.4 Å². The van der Waals surface area contributed by atoms with Gasteiger partial charge in [-0.3, -0.25) is 29.4 Å². The molecule has 53 heavy (non-hydrogen) atoms. The number of rotatable bonds is 12. The van der Waals surface area contributed by atoms with E-state index >= 15 is 0 Å². The highest BCUT2D eigenvalue weighted by Crippen LogP contribution is 2.39. The average Bonchev–Trinajstić information content (AvgIpc) is 3.37. The van der Waals surface area contributed by atoms with Gasteiger partial charge in [0.1, 0.15) is 43.4 Å². The molecule has 4 amide bonds. The first-order valence-electron chi connectivity index (χ1n) is 16.3. The normalized spacial score (nSPS) is 15.8. The zero-order valence-corrected chi connectivity index (χ0v) is 30.3. The summed E-state index contributed by atoms with van der Waals surface area (Å²) in [7, 11) is -3.55. The van der Waals surface area contributed by atoms with Crippen LogP contribution in [0.4, 0.5) is 0 Å². The molecule has 2 aliphatic heterocycles. The molecule has 272 valence electrons. The second-order valence-corrected chi connectivity index (χ2v) is 15.2. The summed E-state index contributed by atoms with van der Waals surface area (Å²) < 4.78 is 41.0. The lowest BCUT2D eigenvalue weighted by molar-refractivity contribution is -0.136. The van der Waals surface area contributed by atoms with Crippen LogP contribution in [0.15, 0.2) is 72.0 Å². The number of aromatic nitrogens is 2. The molecule has 6 rings (SSSR count). The Morgan fingerprint density at radius 1 is 0.925 bits per heavy atom. The van der Waals surface area contributed by atoms with Crippen molar-refractivity contribution in [2.24, 2.45) is 0 Å². The number of hydrogen-bond acceptors (Lipinski definition) is 12. The molecule has 1 saturated heterocycles. The van der Waals surface area contributed by atoms with Crippen molar-refractivity contribution in [3.8, 4) is 23.3 Å². The molecule has 3 heterocycles. The largest absolute Gasteiger partial charge is 0.490 e. The first-order chi connectivity index (χ1) is 25.2. The Bertz CT molecular complexity index is 2310. The summed E-state index contributed by atoms with van der Waals surface area (Å²) in [6, 6.07) is 17.8. The topological polar surface area (TPSA) is 195 Å². The number of imide groups is 2. The van der Waals surface area contributed by atoms with Crippen molar-refractivity contribution in [1.29, 1.82) is 5.26 Å². The maximum atomic E-state index is 13.1. The van der Waals surface area contributed by atoms with Crippen LogP contribution in [-0.2, 0) is 31.4 Å². The van der Waals surface area contributed by atoms with E-state index in [1.54, 1.807) is 30.3 Å². The molecule has 1 aromatic heterocycles. The first kappa shape index (κ1) is 36.9. The summed E-state index contributed by atoms with van der Waals surface area (Å²) in [5.41, 5.74) is 1.92. The molecule has 0 radical (unpaired) electrons. The molecule has 4 aromatic rings. The van der Waals surface area contributed by atoms with Crippen molar-refractivity contribution in [1.82, 2.24) is 20.2 Å². The molecule has 1 fully saturated rings. The van der Waals surface area contributed by atoms with Gasteiger partial charge in [0.2, 0.25) is 26.8 Å². The highest BCUT2D eigenvalue weighted by molar-refractivity contribution is 7.90. The van der Waals surface area contributed by atoms with E-state index in [0.717, 1.165) is 22.3 Å². The van der Waals surface area contributed by atoms with Crippen LogP contribution < -0.4 is 19.5 Å². The van der Waals surface area contributed by atoms with Crippen LogP contribution in [0, 0.1) is 11.3 Å². The van der Waals surface area contributed by atoms with E-state index in [-0.39, 0.29) is 71.0 Å². The molecule has 0 spiro atoms. The summed E-state index contributed by atoms with van der Waals surface area (Å²) >= 11 is 6.65. The smallest absolute Gasteiger partial charge is 0.262 e. The SMILES string of the molecule is CC(C)(c1ccc(OCc2ccnc(S(C)(=O)=O)n2)cc1)c1cc(Cl)c(OCCOc2ccc3c(c2)C(=O)N(C2CCC(=O)NC2=O)C3=O)c(C#N)c1. The number of nitrogens with one attached hydrogen (secondary N) is 1. The summed E-state index contributed by atoms with van der Waals surface area (Å²) in [6.07, 6.45) is 2.48. The van der Waals surface area contributed by atoms with Gasteiger partial charge in [0, 0.05) is 24.3 Å². The van der Waals surface area contributed by atoms with Crippen LogP contribution >= 0.6 is 11.6 Å². The second-order valence-electron chi connectivity index (χ2n) is 12.8. The number of piperidine rings is 1. The minimum absolute atomic E-state index is 0.00442. The van der Waals surface area contributed by atoms with Gasteiger partial charge >= 0.3 is 0 Å². The zero-order chi connectivity index (χ0) is 38.1. The van der Waals surface area contributed by atoms with Crippen LogP contribution in [0.5, 0.6) is 17.2 Å². The number of ether oxygens (including phenoxy) is 3. The number of carbonyl (C=O) groups is 4. The number of benzene rings is 3. The monoisotopic (exact) mass is 757 g/mol. The maximum Gasteiger partial charge on any atom is 0.262 e. The van der Waals surface area contributed by atoms with Gasteiger partial charge in [-0.15, -0.1) is 0 Å².